The third-order valence-corrected chi connectivity index (χ3v) is 8.15. The van der Waals surface area contributed by atoms with E-state index in [1.54, 1.807) is 23.6 Å². The average molecular weight is 490 g/mol. The average Bonchev–Trinajstić information content (AvgIpc) is 3.40. The molecule has 4 atom stereocenters. The van der Waals surface area contributed by atoms with Gasteiger partial charge in [0.25, 0.3) is 5.56 Å². The Hall–Kier alpha value is -2.50. The maximum Gasteiger partial charge on any atom is 0.330 e. The van der Waals surface area contributed by atoms with Crippen molar-refractivity contribution in [2.45, 2.75) is 43.2 Å². The predicted molar refractivity (Wildman–Crippen MR) is 131 cm³/mol. The molecule has 0 aliphatic carbocycles. The Labute approximate surface area is 199 Å². The minimum absolute atomic E-state index is 0.0538. The van der Waals surface area contributed by atoms with Crippen molar-refractivity contribution >= 4 is 23.5 Å². The number of hydrogen-bond acceptors (Lipinski definition) is 8. The van der Waals surface area contributed by atoms with Crippen molar-refractivity contribution in [2.75, 3.05) is 18.6 Å². The molecule has 1 fully saturated rings. The third-order valence-electron chi connectivity index (χ3n) is 5.42. The van der Waals surface area contributed by atoms with Crippen LogP contribution in [0.2, 0.25) is 0 Å². The van der Waals surface area contributed by atoms with E-state index < -0.39 is 17.5 Å². The van der Waals surface area contributed by atoms with Crippen LogP contribution in [0.3, 0.4) is 0 Å². The van der Waals surface area contributed by atoms with E-state index in [0.29, 0.717) is 6.54 Å². The summed E-state index contributed by atoms with van der Waals surface area (Å²) < 4.78 is 14.9. The van der Waals surface area contributed by atoms with E-state index in [1.165, 1.54) is 16.8 Å². The first-order valence-electron chi connectivity index (χ1n) is 10.8. The summed E-state index contributed by atoms with van der Waals surface area (Å²) in [4.78, 5) is 26.4. The number of aromatic nitrogens is 5. The SMILES string of the molecule is CCS[C@@H]1[C@H](SCC)[C@@H](Cn2cc(-c3ccc(OC)cc3)nn2)O[C@H]1n1ccc(=O)[nH]c1=O. The molecule has 1 aliphatic rings. The van der Waals surface area contributed by atoms with E-state index in [-0.39, 0.29) is 16.6 Å². The van der Waals surface area contributed by atoms with Crippen molar-refractivity contribution in [1.29, 1.82) is 0 Å². The first-order chi connectivity index (χ1) is 16.0. The number of ether oxygens (including phenoxy) is 2. The van der Waals surface area contributed by atoms with Gasteiger partial charge in [-0.25, -0.2) is 9.48 Å². The molecule has 1 aromatic carbocycles. The van der Waals surface area contributed by atoms with Gasteiger partial charge in [-0.2, -0.15) is 23.5 Å². The Balaban J connectivity index is 1.58. The van der Waals surface area contributed by atoms with Crippen molar-refractivity contribution in [3.05, 3.63) is 63.6 Å². The van der Waals surface area contributed by atoms with E-state index in [1.807, 2.05) is 42.2 Å². The van der Waals surface area contributed by atoms with Crippen LogP contribution in [0, 0.1) is 0 Å². The Morgan fingerprint density at radius 1 is 1.09 bits per heavy atom. The van der Waals surface area contributed by atoms with Crippen molar-refractivity contribution in [2.24, 2.45) is 0 Å². The number of methoxy groups -OCH3 is 1. The van der Waals surface area contributed by atoms with Crippen LogP contribution in [-0.2, 0) is 11.3 Å². The van der Waals surface area contributed by atoms with Crippen molar-refractivity contribution in [3.8, 4) is 17.0 Å². The molecule has 4 rings (SSSR count). The van der Waals surface area contributed by atoms with Crippen LogP contribution in [-0.4, -0.2) is 59.8 Å². The number of nitrogens with one attached hydrogen (secondary N) is 1. The summed E-state index contributed by atoms with van der Waals surface area (Å²) in [5.41, 5.74) is 0.838. The lowest BCUT2D eigenvalue weighted by Gasteiger charge is -2.23. The molecule has 1 saturated heterocycles. The highest BCUT2D eigenvalue weighted by molar-refractivity contribution is 8.03. The zero-order valence-electron chi connectivity index (χ0n) is 18.7. The summed E-state index contributed by atoms with van der Waals surface area (Å²) in [6, 6.07) is 9.03. The van der Waals surface area contributed by atoms with Gasteiger partial charge < -0.3 is 9.47 Å². The number of thioether (sulfide) groups is 2. The Morgan fingerprint density at radius 2 is 1.82 bits per heavy atom. The molecule has 0 unspecified atom stereocenters. The number of aromatic amines is 1. The van der Waals surface area contributed by atoms with Crippen LogP contribution >= 0.6 is 23.5 Å². The second-order valence-corrected chi connectivity index (χ2v) is 10.4. The molecule has 9 nitrogen and oxygen atoms in total. The minimum Gasteiger partial charge on any atom is -0.497 e. The maximum absolute atomic E-state index is 12.5. The zero-order valence-corrected chi connectivity index (χ0v) is 20.3. The highest BCUT2D eigenvalue weighted by Gasteiger charge is 2.46. The second kappa shape index (κ2) is 10.6. The number of H-pyrrole nitrogens is 1. The summed E-state index contributed by atoms with van der Waals surface area (Å²) in [6.07, 6.45) is 2.77. The van der Waals surface area contributed by atoms with Crippen molar-refractivity contribution < 1.29 is 9.47 Å². The van der Waals surface area contributed by atoms with Crippen molar-refractivity contribution in [3.63, 3.8) is 0 Å². The summed E-state index contributed by atoms with van der Waals surface area (Å²) in [6.45, 7) is 4.72. The van der Waals surface area contributed by atoms with Gasteiger partial charge in [0, 0.05) is 23.1 Å². The topological polar surface area (TPSA) is 104 Å². The Bertz CT molecular complexity index is 1180. The smallest absolute Gasteiger partial charge is 0.330 e. The Morgan fingerprint density at radius 3 is 2.48 bits per heavy atom. The molecule has 1 N–H and O–H groups in total. The zero-order chi connectivity index (χ0) is 23.4. The fraction of sp³-hybridized carbons (Fsp3) is 0.455. The van der Waals surface area contributed by atoms with E-state index in [0.717, 1.165) is 28.5 Å². The fourth-order valence-corrected chi connectivity index (χ4v) is 6.59. The number of rotatable bonds is 9. The molecule has 0 amide bonds. The molecule has 11 heteroatoms. The van der Waals surface area contributed by atoms with E-state index in [4.69, 9.17) is 9.47 Å². The minimum atomic E-state index is -0.474. The third kappa shape index (κ3) is 5.20. The monoisotopic (exact) mass is 489 g/mol. The van der Waals surface area contributed by atoms with Gasteiger partial charge in [0.2, 0.25) is 0 Å². The van der Waals surface area contributed by atoms with Gasteiger partial charge in [0.15, 0.2) is 6.23 Å². The molecule has 1 aliphatic heterocycles. The second-order valence-electron chi connectivity index (χ2n) is 7.48. The molecule has 0 bridgehead atoms. The lowest BCUT2D eigenvalue weighted by molar-refractivity contribution is -0.00718. The molecule has 0 radical (unpaired) electrons. The first-order valence-corrected chi connectivity index (χ1v) is 12.9. The van der Waals surface area contributed by atoms with Gasteiger partial charge in [-0.15, -0.1) is 5.10 Å². The van der Waals surface area contributed by atoms with Crippen LogP contribution in [0.25, 0.3) is 11.3 Å². The van der Waals surface area contributed by atoms with Gasteiger partial charge in [-0.1, -0.05) is 19.1 Å². The predicted octanol–water partition coefficient (Wildman–Crippen LogP) is 2.64. The van der Waals surface area contributed by atoms with Crippen molar-refractivity contribution in [1.82, 2.24) is 24.5 Å². The number of hydrogen-bond donors (Lipinski definition) is 1. The standard InChI is InChI=1S/C22H27N5O4S2/c1-4-32-19-17(13-26-12-16(24-25-26)14-6-8-15(30-3)9-7-14)31-21(20(19)33-5-2)27-11-10-18(28)23-22(27)29/h6-12,17,19-21H,4-5,13H2,1-3H3,(H,23,28,29)/t17-,19-,20-,21-/m1/s1. The molecule has 0 saturated carbocycles. The molecular weight excluding hydrogens is 462 g/mol. The first kappa shape index (κ1) is 23.7. The summed E-state index contributed by atoms with van der Waals surface area (Å²) in [5.74, 6) is 2.60. The van der Waals surface area contributed by atoms with E-state index in [2.05, 4.69) is 29.1 Å². The number of benzene rings is 1. The quantitative estimate of drug-likeness (QED) is 0.489. The highest BCUT2D eigenvalue weighted by atomic mass is 32.2. The molecule has 3 heterocycles. The van der Waals surface area contributed by atoms with Crippen LogP contribution < -0.4 is 16.0 Å². The summed E-state index contributed by atoms with van der Waals surface area (Å²) in [7, 11) is 1.64. The van der Waals surface area contributed by atoms with E-state index in [9.17, 15) is 9.59 Å². The lowest BCUT2D eigenvalue weighted by Crippen LogP contribution is -2.35. The summed E-state index contributed by atoms with van der Waals surface area (Å²) >= 11 is 3.59. The molecule has 176 valence electrons. The van der Waals surface area contributed by atoms with E-state index >= 15 is 0 Å². The molecule has 3 aromatic rings. The Kier molecular flexibility index (Phi) is 7.61. The van der Waals surface area contributed by atoms with Gasteiger partial charge in [0.05, 0.1) is 31.2 Å². The van der Waals surface area contributed by atoms with Crippen LogP contribution in [0.15, 0.2) is 52.3 Å². The molecular formula is C22H27N5O4S2. The maximum atomic E-state index is 12.5. The molecule has 33 heavy (non-hydrogen) atoms. The fourth-order valence-electron chi connectivity index (χ4n) is 3.94. The van der Waals surface area contributed by atoms with Gasteiger partial charge in [0.1, 0.15) is 11.4 Å². The normalized spacial score (nSPS) is 22.5. The van der Waals surface area contributed by atoms with Crippen LogP contribution in [0.4, 0.5) is 0 Å². The van der Waals surface area contributed by atoms with Gasteiger partial charge in [-0.3, -0.25) is 14.3 Å². The largest absolute Gasteiger partial charge is 0.497 e. The summed E-state index contributed by atoms with van der Waals surface area (Å²) in [5, 5.41) is 8.84. The molecule has 2 aromatic heterocycles. The molecule has 0 spiro atoms. The van der Waals surface area contributed by atoms with Gasteiger partial charge >= 0.3 is 5.69 Å². The van der Waals surface area contributed by atoms with Crippen LogP contribution in [0.5, 0.6) is 5.75 Å². The lowest BCUT2D eigenvalue weighted by atomic mass is 10.1. The van der Waals surface area contributed by atoms with Gasteiger partial charge in [-0.05, 0) is 35.8 Å². The number of nitrogens with zero attached hydrogens (tertiary/aromatic N) is 4. The highest BCUT2D eigenvalue weighted by Crippen LogP contribution is 2.43. The van der Waals surface area contributed by atoms with Crippen LogP contribution in [0.1, 0.15) is 20.1 Å².